The van der Waals surface area contributed by atoms with Crippen LogP contribution in [-0.2, 0) is 14.3 Å². The average molecular weight is 514 g/mol. The van der Waals surface area contributed by atoms with Gasteiger partial charge in [0.15, 0.2) is 0 Å². The summed E-state index contributed by atoms with van der Waals surface area (Å²) in [6.45, 7) is 3.70. The van der Waals surface area contributed by atoms with Gasteiger partial charge in [0.1, 0.15) is 11.5 Å². The molecule has 0 saturated carbocycles. The zero-order chi connectivity index (χ0) is 23.4. The third kappa shape index (κ3) is 5.14. The minimum absolute atomic E-state index is 0.0972. The summed E-state index contributed by atoms with van der Waals surface area (Å²) in [6, 6.07) is 13.7. The van der Waals surface area contributed by atoms with Crippen LogP contribution in [0.4, 0.5) is 0 Å². The van der Waals surface area contributed by atoms with Gasteiger partial charge in [-0.25, -0.2) is 0 Å². The fourth-order valence-electron chi connectivity index (χ4n) is 4.27. The van der Waals surface area contributed by atoms with E-state index >= 15 is 0 Å². The number of rotatable bonds is 8. The molecule has 2 unspecified atom stereocenters. The highest BCUT2D eigenvalue weighted by Crippen LogP contribution is 2.40. The number of ketones is 1. The van der Waals surface area contributed by atoms with E-state index in [2.05, 4.69) is 22.9 Å². The van der Waals surface area contributed by atoms with Crippen molar-refractivity contribution in [3.8, 4) is 5.75 Å². The number of hydrogen-bond donors (Lipinski definition) is 1. The molecule has 4 rings (SSSR count). The van der Waals surface area contributed by atoms with Gasteiger partial charge in [-0.05, 0) is 49.1 Å². The van der Waals surface area contributed by atoms with Crippen molar-refractivity contribution in [3.05, 3.63) is 69.7 Å². The molecule has 2 aliphatic heterocycles. The predicted octanol–water partition coefficient (Wildman–Crippen LogP) is 5.23. The van der Waals surface area contributed by atoms with Crippen molar-refractivity contribution < 1.29 is 24.2 Å². The lowest BCUT2D eigenvalue weighted by molar-refractivity contribution is -0.140. The largest absolute Gasteiger partial charge is 0.507 e. The Kier molecular flexibility index (Phi) is 7.50. The Hall–Kier alpha value is -2.64. The molecule has 6 nitrogen and oxygen atoms in total. The Balaban J connectivity index is 1.72. The lowest BCUT2D eigenvalue weighted by Gasteiger charge is -2.27. The lowest BCUT2D eigenvalue weighted by atomic mass is 9.95. The zero-order valence-electron chi connectivity index (χ0n) is 18.6. The van der Waals surface area contributed by atoms with Gasteiger partial charge in [0.05, 0.1) is 24.3 Å². The first-order valence-electron chi connectivity index (χ1n) is 11.4. The van der Waals surface area contributed by atoms with Gasteiger partial charge in [-0.2, -0.15) is 0 Å². The fourth-order valence-corrected chi connectivity index (χ4v) is 4.53. The van der Waals surface area contributed by atoms with Crippen LogP contribution in [-0.4, -0.2) is 47.6 Å². The van der Waals surface area contributed by atoms with Crippen molar-refractivity contribution in [2.24, 2.45) is 0 Å². The standard InChI is InChI=1S/C26H28BrNO5/c1-2-3-14-32-20-12-8-17(9-13-20)23-22(24(29)18-6-10-19(27)11-7-18)25(30)26(31)28(23)16-21-5-4-15-33-21/h6-13,21,23,29H,2-5,14-16H2,1H3/b24-22+. The lowest BCUT2D eigenvalue weighted by Crippen LogP contribution is -2.36. The molecule has 2 aromatic carbocycles. The van der Waals surface area contributed by atoms with E-state index in [-0.39, 0.29) is 17.4 Å². The molecule has 0 aliphatic carbocycles. The smallest absolute Gasteiger partial charge is 0.295 e. The molecule has 7 heteroatoms. The second kappa shape index (κ2) is 10.5. The van der Waals surface area contributed by atoms with Crippen LogP contribution in [0.2, 0.25) is 0 Å². The number of ether oxygens (including phenoxy) is 2. The molecule has 2 heterocycles. The van der Waals surface area contributed by atoms with Gasteiger partial charge in [-0.15, -0.1) is 0 Å². The number of carbonyl (C=O) groups excluding carboxylic acids is 2. The number of halogens is 1. The second-order valence-electron chi connectivity index (χ2n) is 8.36. The Bertz CT molecular complexity index is 1030. The number of carbonyl (C=O) groups is 2. The first-order chi connectivity index (χ1) is 16.0. The summed E-state index contributed by atoms with van der Waals surface area (Å²) in [7, 11) is 0. The number of aliphatic hydroxyl groups excluding tert-OH is 1. The fraction of sp³-hybridized carbons (Fsp3) is 0.385. The quantitative estimate of drug-likeness (QED) is 0.226. The first kappa shape index (κ1) is 23.5. The number of likely N-dealkylation sites (tertiary alicyclic amines) is 1. The van der Waals surface area contributed by atoms with Crippen molar-refractivity contribution in [2.75, 3.05) is 19.8 Å². The Morgan fingerprint density at radius 2 is 1.88 bits per heavy atom. The van der Waals surface area contributed by atoms with E-state index in [0.717, 1.165) is 41.5 Å². The highest BCUT2D eigenvalue weighted by Gasteiger charge is 2.47. The minimum Gasteiger partial charge on any atom is -0.507 e. The third-order valence-corrected chi connectivity index (χ3v) is 6.57. The van der Waals surface area contributed by atoms with Crippen LogP contribution < -0.4 is 4.74 Å². The van der Waals surface area contributed by atoms with Crippen LogP contribution in [0.25, 0.3) is 5.76 Å². The molecule has 0 spiro atoms. The molecule has 0 aromatic heterocycles. The number of Topliss-reactive ketones (excluding diaryl/α,β-unsaturated/α-hetero) is 1. The summed E-state index contributed by atoms with van der Waals surface area (Å²) in [4.78, 5) is 27.7. The predicted molar refractivity (Wildman–Crippen MR) is 129 cm³/mol. The Labute approximate surface area is 202 Å². The summed E-state index contributed by atoms with van der Waals surface area (Å²) >= 11 is 3.38. The van der Waals surface area contributed by atoms with Gasteiger partial charge in [0.2, 0.25) is 0 Å². The number of nitrogens with zero attached hydrogens (tertiary/aromatic N) is 1. The molecule has 1 N–H and O–H groups in total. The zero-order valence-corrected chi connectivity index (χ0v) is 20.2. The second-order valence-corrected chi connectivity index (χ2v) is 9.28. The van der Waals surface area contributed by atoms with E-state index in [9.17, 15) is 14.7 Å². The van der Waals surface area contributed by atoms with Crippen molar-refractivity contribution in [1.29, 1.82) is 0 Å². The molecule has 0 radical (unpaired) electrons. The van der Waals surface area contributed by atoms with Gasteiger partial charge < -0.3 is 19.5 Å². The maximum atomic E-state index is 13.1. The molecule has 2 aromatic rings. The van der Waals surface area contributed by atoms with Crippen LogP contribution in [0.1, 0.15) is 49.8 Å². The first-order valence-corrected chi connectivity index (χ1v) is 12.2. The van der Waals surface area contributed by atoms with Gasteiger partial charge >= 0.3 is 0 Å². The maximum absolute atomic E-state index is 13.1. The van der Waals surface area contributed by atoms with E-state index in [1.807, 2.05) is 24.3 Å². The molecule has 2 fully saturated rings. The van der Waals surface area contributed by atoms with Gasteiger partial charge in [0.25, 0.3) is 11.7 Å². The molecule has 2 atom stereocenters. The van der Waals surface area contributed by atoms with E-state index in [1.165, 1.54) is 4.90 Å². The number of aliphatic hydroxyl groups is 1. The molecular formula is C26H28BrNO5. The molecule has 1 amide bonds. The normalized spacial score (nSPS) is 22.2. The minimum atomic E-state index is -0.692. The van der Waals surface area contributed by atoms with Crippen LogP contribution in [0.15, 0.2) is 58.6 Å². The molecule has 0 bridgehead atoms. The Morgan fingerprint density at radius 1 is 1.15 bits per heavy atom. The van der Waals surface area contributed by atoms with Crippen molar-refractivity contribution in [2.45, 2.75) is 44.8 Å². The summed E-state index contributed by atoms with van der Waals surface area (Å²) in [5, 5.41) is 11.1. The van der Waals surface area contributed by atoms with Gasteiger partial charge in [-0.3, -0.25) is 9.59 Å². The van der Waals surface area contributed by atoms with Crippen molar-refractivity contribution in [1.82, 2.24) is 4.90 Å². The summed E-state index contributed by atoms with van der Waals surface area (Å²) in [5.74, 6) is -0.737. The van der Waals surface area contributed by atoms with E-state index in [4.69, 9.17) is 9.47 Å². The molecule has 174 valence electrons. The summed E-state index contributed by atoms with van der Waals surface area (Å²) in [5.41, 5.74) is 1.33. The van der Waals surface area contributed by atoms with Gasteiger partial charge in [0, 0.05) is 23.2 Å². The van der Waals surface area contributed by atoms with E-state index < -0.39 is 17.7 Å². The number of hydrogen-bond acceptors (Lipinski definition) is 5. The summed E-state index contributed by atoms with van der Waals surface area (Å²) in [6.07, 6.45) is 3.67. The molecule has 2 saturated heterocycles. The van der Waals surface area contributed by atoms with Crippen molar-refractivity contribution >= 4 is 33.4 Å². The number of unbranched alkanes of at least 4 members (excludes halogenated alkanes) is 1. The van der Waals surface area contributed by atoms with Crippen LogP contribution in [0.5, 0.6) is 5.75 Å². The molecular weight excluding hydrogens is 486 g/mol. The highest BCUT2D eigenvalue weighted by molar-refractivity contribution is 9.10. The monoisotopic (exact) mass is 513 g/mol. The van der Waals surface area contributed by atoms with E-state index in [0.29, 0.717) is 25.3 Å². The molecule has 2 aliphatic rings. The van der Waals surface area contributed by atoms with Crippen LogP contribution in [0, 0.1) is 0 Å². The maximum Gasteiger partial charge on any atom is 0.295 e. The van der Waals surface area contributed by atoms with Gasteiger partial charge in [-0.1, -0.05) is 53.5 Å². The SMILES string of the molecule is CCCCOc1ccc(C2/C(=C(\O)c3ccc(Br)cc3)C(=O)C(=O)N2CC2CCCO2)cc1. The Morgan fingerprint density at radius 3 is 2.52 bits per heavy atom. The van der Waals surface area contributed by atoms with Crippen LogP contribution >= 0.6 is 15.9 Å². The van der Waals surface area contributed by atoms with Crippen LogP contribution in [0.3, 0.4) is 0 Å². The number of benzene rings is 2. The highest BCUT2D eigenvalue weighted by atomic mass is 79.9. The topological polar surface area (TPSA) is 76.1 Å². The molecule has 33 heavy (non-hydrogen) atoms. The van der Waals surface area contributed by atoms with Crippen molar-refractivity contribution in [3.63, 3.8) is 0 Å². The average Bonchev–Trinajstić information content (AvgIpc) is 3.42. The summed E-state index contributed by atoms with van der Waals surface area (Å²) < 4.78 is 12.4. The third-order valence-electron chi connectivity index (χ3n) is 6.04. The van der Waals surface area contributed by atoms with E-state index in [1.54, 1.807) is 24.3 Å². The number of amides is 1.